The standard InChI is InChI=1S/C70H50N2O2/c1-69(2)57-39-46(71(44-23-10-6-11-24-44)61-34-20-33-54-53-31-18-30-47(66(53)74-68(54)61)43-21-8-5-9-22-43)37-38-48(57)55-40-59-56(41-58(55)69)65-51-29-15-14-27-49(51)63(42-60(65)70(59,3)4)72(45-25-12-7-13-26-45)62-35-19-32-52-50-28-16-17-36-64(50)73-67(52)62/h5-42H,1-4H3. The first kappa shape index (κ1) is 42.6. The Morgan fingerprint density at radius 3 is 1.54 bits per heavy atom. The molecule has 2 heterocycles. The molecule has 0 aliphatic heterocycles. The number of rotatable bonds is 7. The van der Waals surface area contributed by atoms with Gasteiger partial charge in [0.1, 0.15) is 11.2 Å². The van der Waals surface area contributed by atoms with Crippen molar-refractivity contribution in [3.8, 4) is 33.4 Å². The Morgan fingerprint density at radius 1 is 0.297 bits per heavy atom. The molecule has 2 aromatic heterocycles. The Kier molecular flexibility index (Phi) is 9.02. The molecule has 74 heavy (non-hydrogen) atoms. The predicted molar refractivity (Wildman–Crippen MR) is 308 cm³/mol. The van der Waals surface area contributed by atoms with Crippen LogP contribution in [0.15, 0.2) is 239 Å². The molecule has 0 radical (unpaired) electrons. The van der Waals surface area contributed by atoms with Gasteiger partial charge in [-0.05, 0) is 128 Å². The molecular weight excluding hydrogens is 901 g/mol. The van der Waals surface area contributed by atoms with E-state index in [-0.39, 0.29) is 10.8 Å². The number of furan rings is 2. The van der Waals surface area contributed by atoms with E-state index in [1.165, 1.54) is 55.3 Å². The zero-order valence-corrected chi connectivity index (χ0v) is 41.7. The van der Waals surface area contributed by atoms with Gasteiger partial charge in [-0.1, -0.05) is 185 Å². The third-order valence-electron chi connectivity index (χ3n) is 16.4. The van der Waals surface area contributed by atoms with Gasteiger partial charge in [-0.2, -0.15) is 0 Å². The van der Waals surface area contributed by atoms with Gasteiger partial charge in [-0.15, -0.1) is 0 Å². The lowest BCUT2D eigenvalue weighted by Gasteiger charge is -2.29. The summed E-state index contributed by atoms with van der Waals surface area (Å²) in [6.07, 6.45) is 0. The van der Waals surface area contributed by atoms with Crippen molar-refractivity contribution in [2.75, 3.05) is 9.80 Å². The average Bonchev–Trinajstić information content (AvgIpc) is 4.16. The molecule has 0 spiro atoms. The van der Waals surface area contributed by atoms with Crippen LogP contribution >= 0.6 is 0 Å². The summed E-state index contributed by atoms with van der Waals surface area (Å²) in [5, 5.41) is 6.87. The van der Waals surface area contributed by atoms with Crippen molar-refractivity contribution in [2.24, 2.45) is 0 Å². The average molecular weight is 951 g/mol. The molecule has 0 N–H and O–H groups in total. The van der Waals surface area contributed by atoms with Crippen molar-refractivity contribution in [1.29, 1.82) is 0 Å². The maximum Gasteiger partial charge on any atom is 0.159 e. The molecule has 0 atom stereocenters. The van der Waals surface area contributed by atoms with Crippen LogP contribution in [0.1, 0.15) is 49.9 Å². The van der Waals surface area contributed by atoms with Crippen LogP contribution in [0.3, 0.4) is 0 Å². The molecule has 2 aliphatic carbocycles. The van der Waals surface area contributed by atoms with E-state index in [0.29, 0.717) is 0 Å². The molecule has 13 aromatic rings. The summed E-state index contributed by atoms with van der Waals surface area (Å²) in [6.45, 7) is 9.65. The van der Waals surface area contributed by atoms with E-state index >= 15 is 0 Å². The molecule has 2 aliphatic rings. The van der Waals surface area contributed by atoms with E-state index in [9.17, 15) is 0 Å². The van der Waals surface area contributed by atoms with Gasteiger partial charge in [0, 0.05) is 60.4 Å². The zero-order valence-electron chi connectivity index (χ0n) is 41.7. The lowest BCUT2D eigenvalue weighted by Crippen LogP contribution is -2.18. The van der Waals surface area contributed by atoms with Crippen LogP contribution in [0, 0.1) is 0 Å². The first-order valence-electron chi connectivity index (χ1n) is 25.7. The molecule has 4 nitrogen and oxygen atoms in total. The summed E-state index contributed by atoms with van der Waals surface area (Å²) < 4.78 is 13.8. The van der Waals surface area contributed by atoms with Gasteiger partial charge in [0.25, 0.3) is 0 Å². The van der Waals surface area contributed by atoms with E-state index in [0.717, 1.165) is 89.1 Å². The van der Waals surface area contributed by atoms with Gasteiger partial charge in [0.2, 0.25) is 0 Å². The van der Waals surface area contributed by atoms with Gasteiger partial charge >= 0.3 is 0 Å². The van der Waals surface area contributed by atoms with Crippen LogP contribution in [0.2, 0.25) is 0 Å². The van der Waals surface area contributed by atoms with Crippen LogP contribution in [-0.4, -0.2) is 0 Å². The van der Waals surface area contributed by atoms with Crippen LogP contribution in [-0.2, 0) is 10.8 Å². The molecule has 352 valence electrons. The Hall–Kier alpha value is -9.12. The van der Waals surface area contributed by atoms with Gasteiger partial charge in [-0.3, -0.25) is 0 Å². The van der Waals surface area contributed by atoms with E-state index in [2.05, 4.69) is 262 Å². The summed E-state index contributed by atoms with van der Waals surface area (Å²) in [5.41, 5.74) is 22.1. The largest absolute Gasteiger partial charge is 0.454 e. The monoisotopic (exact) mass is 950 g/mol. The highest BCUT2D eigenvalue weighted by atomic mass is 16.3. The predicted octanol–water partition coefficient (Wildman–Crippen LogP) is 19.9. The quantitative estimate of drug-likeness (QED) is 0.159. The second-order valence-electron chi connectivity index (χ2n) is 21.2. The zero-order chi connectivity index (χ0) is 49.5. The minimum atomic E-state index is -0.311. The molecule has 0 saturated carbocycles. The third kappa shape index (κ3) is 6.03. The highest BCUT2D eigenvalue weighted by Crippen LogP contribution is 2.60. The van der Waals surface area contributed by atoms with E-state index < -0.39 is 0 Å². The molecule has 11 aromatic carbocycles. The van der Waals surface area contributed by atoms with Gasteiger partial charge in [-0.25, -0.2) is 0 Å². The minimum absolute atomic E-state index is 0.300. The number of fused-ring (bicyclic) bond motifs is 14. The van der Waals surface area contributed by atoms with Gasteiger partial charge in [0.15, 0.2) is 11.2 Å². The van der Waals surface area contributed by atoms with Crippen molar-refractivity contribution in [2.45, 2.75) is 38.5 Å². The second-order valence-corrected chi connectivity index (χ2v) is 21.2. The first-order valence-corrected chi connectivity index (χ1v) is 25.7. The maximum atomic E-state index is 7.05. The Bertz CT molecular complexity index is 4430. The van der Waals surface area contributed by atoms with Gasteiger partial charge in [0.05, 0.1) is 17.1 Å². The van der Waals surface area contributed by atoms with Crippen molar-refractivity contribution in [3.63, 3.8) is 0 Å². The summed E-state index contributed by atoms with van der Waals surface area (Å²) in [4.78, 5) is 4.79. The molecule has 0 saturated heterocycles. The molecule has 0 fully saturated rings. The van der Waals surface area contributed by atoms with Crippen LogP contribution in [0.4, 0.5) is 34.1 Å². The normalized spacial score (nSPS) is 13.9. The Morgan fingerprint density at radius 2 is 0.811 bits per heavy atom. The Balaban J connectivity index is 0.884. The highest BCUT2D eigenvalue weighted by Gasteiger charge is 2.43. The van der Waals surface area contributed by atoms with E-state index in [1.54, 1.807) is 0 Å². The molecule has 0 bridgehead atoms. The SMILES string of the molecule is CC1(C)c2cc(N(c3ccccc3)c3cccc4c3oc3c(-c5ccccc5)cccc34)ccc2-c2cc3c(cc21)-c1c(cc(N(c2ccccc2)c2cccc4c2oc2ccccc24)c2ccccc12)C3(C)C. The fourth-order valence-electron chi connectivity index (χ4n) is 12.8. The first-order chi connectivity index (χ1) is 36.2. The summed E-state index contributed by atoms with van der Waals surface area (Å²) in [6, 6.07) is 83.6. The maximum absolute atomic E-state index is 7.05. The highest BCUT2D eigenvalue weighted by molar-refractivity contribution is 6.16. The fraction of sp³-hybridized carbons (Fsp3) is 0.0857. The van der Waals surface area contributed by atoms with Gasteiger partial charge < -0.3 is 18.6 Å². The third-order valence-corrected chi connectivity index (χ3v) is 16.4. The van der Waals surface area contributed by atoms with Crippen LogP contribution in [0.5, 0.6) is 0 Å². The molecule has 4 heteroatoms. The number of para-hydroxylation sites is 6. The smallest absolute Gasteiger partial charge is 0.159 e. The molecular formula is C70H50N2O2. The summed E-state index contributed by atoms with van der Waals surface area (Å²) in [5.74, 6) is 0. The second kappa shape index (κ2) is 15.7. The molecule has 0 amide bonds. The lowest BCUT2D eigenvalue weighted by atomic mass is 9.79. The minimum Gasteiger partial charge on any atom is -0.454 e. The van der Waals surface area contributed by atoms with Crippen molar-refractivity contribution < 1.29 is 8.83 Å². The number of anilines is 6. The van der Waals surface area contributed by atoms with E-state index in [1.807, 2.05) is 6.07 Å². The number of hydrogen-bond acceptors (Lipinski definition) is 4. The lowest BCUT2D eigenvalue weighted by molar-refractivity contribution is 0.652. The van der Waals surface area contributed by atoms with Crippen LogP contribution < -0.4 is 9.80 Å². The van der Waals surface area contributed by atoms with Crippen molar-refractivity contribution in [3.05, 3.63) is 253 Å². The summed E-state index contributed by atoms with van der Waals surface area (Å²) in [7, 11) is 0. The van der Waals surface area contributed by atoms with Crippen LogP contribution in [0.25, 0.3) is 88.0 Å². The number of nitrogens with zero attached hydrogens (tertiary/aromatic N) is 2. The Labute approximate surface area is 430 Å². The molecule has 0 unspecified atom stereocenters. The molecule has 15 rings (SSSR count). The number of hydrogen-bond donors (Lipinski definition) is 0. The number of benzene rings is 11. The fourth-order valence-corrected chi connectivity index (χ4v) is 12.8. The van der Waals surface area contributed by atoms with Crippen molar-refractivity contribution >= 4 is 88.8 Å². The van der Waals surface area contributed by atoms with E-state index in [4.69, 9.17) is 8.83 Å². The topological polar surface area (TPSA) is 32.8 Å². The summed E-state index contributed by atoms with van der Waals surface area (Å²) >= 11 is 0. The van der Waals surface area contributed by atoms with Crippen molar-refractivity contribution in [1.82, 2.24) is 0 Å².